The molecule has 0 aliphatic rings. The average molecular weight is 454 g/mol. The van der Waals surface area contributed by atoms with Crippen molar-refractivity contribution in [2.45, 2.75) is 12.5 Å². The van der Waals surface area contributed by atoms with Gasteiger partial charge in [0.25, 0.3) is 0 Å². The second-order valence-corrected chi connectivity index (χ2v) is 7.55. The van der Waals surface area contributed by atoms with Gasteiger partial charge in [0.05, 0.1) is 5.39 Å². The van der Waals surface area contributed by atoms with E-state index in [2.05, 4.69) is 11.8 Å². The van der Waals surface area contributed by atoms with Gasteiger partial charge in [-0.15, -0.1) is 0 Å². The molecule has 3 aromatic carbocycles. The molecule has 0 saturated heterocycles. The molecule has 6 nitrogen and oxygen atoms in total. The van der Waals surface area contributed by atoms with Crippen LogP contribution in [0.2, 0.25) is 0 Å². The minimum atomic E-state index is -0.994. The highest BCUT2D eigenvalue weighted by Gasteiger charge is 2.16. The van der Waals surface area contributed by atoms with E-state index in [0.717, 1.165) is 16.7 Å². The predicted molar refractivity (Wildman–Crippen MR) is 129 cm³/mol. The molecule has 0 fully saturated rings. The lowest BCUT2D eigenvalue weighted by molar-refractivity contribution is -0.148. The zero-order chi connectivity index (χ0) is 23.9. The third-order valence-electron chi connectivity index (χ3n) is 5.24. The Hall–Kier alpha value is -4.34. The molecule has 4 aromatic rings. The van der Waals surface area contributed by atoms with Crippen molar-refractivity contribution < 1.29 is 23.8 Å². The van der Waals surface area contributed by atoms with E-state index in [1.54, 1.807) is 18.2 Å². The predicted octanol–water partition coefficient (Wildman–Crippen LogP) is 4.53. The molecule has 0 amide bonds. The molecule has 4 rings (SSSR count). The summed E-state index contributed by atoms with van der Waals surface area (Å²) >= 11 is 0. The summed E-state index contributed by atoms with van der Waals surface area (Å²) in [6.07, 6.45) is -0.592. The van der Waals surface area contributed by atoms with Gasteiger partial charge in [-0.25, -0.2) is 4.79 Å². The van der Waals surface area contributed by atoms with Crippen LogP contribution in [-0.4, -0.2) is 30.9 Å². The highest BCUT2D eigenvalue weighted by atomic mass is 16.5. The quantitative estimate of drug-likeness (QED) is 0.413. The molecule has 6 heteroatoms. The summed E-state index contributed by atoms with van der Waals surface area (Å²) in [6, 6.07) is 23.4. The summed E-state index contributed by atoms with van der Waals surface area (Å²) in [7, 11) is 1.38. The fraction of sp³-hybridized carbons (Fsp3) is 0.143. The number of ether oxygens (including phenoxy) is 2. The number of aliphatic carboxylic acids is 1. The molecule has 0 aliphatic heterocycles. The lowest BCUT2D eigenvalue weighted by Crippen LogP contribution is -2.24. The van der Waals surface area contributed by atoms with Crippen LogP contribution in [0.5, 0.6) is 5.75 Å². The maximum Gasteiger partial charge on any atom is 0.333 e. The minimum Gasteiger partial charge on any atom is -0.481 e. The lowest BCUT2D eigenvalue weighted by atomic mass is 10.1. The Kier molecular flexibility index (Phi) is 7.07. The van der Waals surface area contributed by atoms with Crippen LogP contribution in [0.1, 0.15) is 11.1 Å². The molecule has 1 aromatic heterocycles. The van der Waals surface area contributed by atoms with E-state index in [9.17, 15) is 9.59 Å². The lowest BCUT2D eigenvalue weighted by Gasteiger charge is -2.10. The number of carboxylic acid groups (broad SMARTS) is 1. The molecule has 170 valence electrons. The SMILES string of the molecule is COC(Cc1ccc(C#CCOc2ccc3oc(-c4ccccc4)cc(=O)c3c2)cc1)C(=O)O. The first kappa shape index (κ1) is 22.8. The summed E-state index contributed by atoms with van der Waals surface area (Å²) < 4.78 is 16.5. The van der Waals surface area contributed by atoms with Crippen molar-refractivity contribution in [2.75, 3.05) is 13.7 Å². The zero-order valence-corrected chi connectivity index (χ0v) is 18.5. The fourth-order valence-corrected chi connectivity index (χ4v) is 3.44. The van der Waals surface area contributed by atoms with E-state index in [4.69, 9.17) is 19.0 Å². The van der Waals surface area contributed by atoms with Gasteiger partial charge in [-0.2, -0.15) is 0 Å². The first-order chi connectivity index (χ1) is 16.5. The smallest absolute Gasteiger partial charge is 0.333 e. The van der Waals surface area contributed by atoms with Gasteiger partial charge < -0.3 is 19.0 Å². The summed E-state index contributed by atoms with van der Waals surface area (Å²) in [5.41, 5.74) is 2.81. The van der Waals surface area contributed by atoms with Gasteiger partial charge in [0.2, 0.25) is 0 Å². The Morgan fingerprint density at radius 2 is 1.79 bits per heavy atom. The first-order valence-corrected chi connectivity index (χ1v) is 10.6. The van der Waals surface area contributed by atoms with Crippen LogP contribution in [0.25, 0.3) is 22.3 Å². The number of fused-ring (bicyclic) bond motifs is 1. The molecule has 1 unspecified atom stereocenters. The van der Waals surface area contributed by atoms with Gasteiger partial charge in [-0.3, -0.25) is 4.79 Å². The molecular weight excluding hydrogens is 432 g/mol. The van der Waals surface area contributed by atoms with Crippen LogP contribution < -0.4 is 10.2 Å². The third kappa shape index (κ3) is 5.52. The number of benzene rings is 3. The summed E-state index contributed by atoms with van der Waals surface area (Å²) in [6.45, 7) is 0.144. The van der Waals surface area contributed by atoms with Crippen molar-refractivity contribution in [2.24, 2.45) is 0 Å². The average Bonchev–Trinajstić information content (AvgIpc) is 2.86. The Bertz CT molecular complexity index is 1410. The standard InChI is InChI=1S/C28H22O6/c1-32-27(28(30)31)16-20-11-9-19(10-12-20)6-5-15-33-22-13-14-25-23(17-22)24(29)18-26(34-25)21-7-3-2-4-8-21/h2-4,7-14,17-18,27H,15-16H2,1H3,(H,30,31). The molecule has 34 heavy (non-hydrogen) atoms. The van der Waals surface area contributed by atoms with Gasteiger partial charge in [0.15, 0.2) is 11.5 Å². The number of rotatable bonds is 7. The largest absolute Gasteiger partial charge is 0.481 e. The van der Waals surface area contributed by atoms with Crippen molar-refractivity contribution in [3.63, 3.8) is 0 Å². The Morgan fingerprint density at radius 3 is 2.50 bits per heavy atom. The Labute approximate surface area is 196 Å². The van der Waals surface area contributed by atoms with Crippen LogP contribution in [0.3, 0.4) is 0 Å². The maximum absolute atomic E-state index is 12.6. The normalized spacial score (nSPS) is 11.4. The van der Waals surface area contributed by atoms with Crippen LogP contribution in [0, 0.1) is 11.8 Å². The number of methoxy groups -OCH3 is 1. The number of carbonyl (C=O) groups is 1. The topological polar surface area (TPSA) is 86.0 Å². The molecule has 0 bridgehead atoms. The van der Waals surface area contributed by atoms with Crippen LogP contribution in [-0.2, 0) is 16.0 Å². The molecule has 1 heterocycles. The molecule has 1 atom stereocenters. The van der Waals surface area contributed by atoms with Gasteiger partial charge in [-0.05, 0) is 35.9 Å². The highest BCUT2D eigenvalue weighted by molar-refractivity contribution is 5.80. The monoisotopic (exact) mass is 454 g/mol. The third-order valence-corrected chi connectivity index (χ3v) is 5.24. The second kappa shape index (κ2) is 10.5. The van der Waals surface area contributed by atoms with Crippen LogP contribution in [0.4, 0.5) is 0 Å². The minimum absolute atomic E-state index is 0.143. The van der Waals surface area contributed by atoms with Gasteiger partial charge >= 0.3 is 5.97 Å². The maximum atomic E-state index is 12.6. The summed E-state index contributed by atoms with van der Waals surface area (Å²) in [5, 5.41) is 9.52. The van der Waals surface area contributed by atoms with Crippen molar-refractivity contribution in [1.82, 2.24) is 0 Å². The van der Waals surface area contributed by atoms with E-state index < -0.39 is 12.1 Å². The van der Waals surface area contributed by atoms with E-state index in [0.29, 0.717) is 22.5 Å². The second-order valence-electron chi connectivity index (χ2n) is 7.55. The van der Waals surface area contributed by atoms with Crippen molar-refractivity contribution in [3.05, 3.63) is 100 Å². The molecule has 0 spiro atoms. The molecule has 0 aliphatic carbocycles. The molecule has 0 saturated carbocycles. The number of hydrogen-bond acceptors (Lipinski definition) is 5. The van der Waals surface area contributed by atoms with Crippen LogP contribution >= 0.6 is 0 Å². The number of carboxylic acids is 1. The fourth-order valence-electron chi connectivity index (χ4n) is 3.44. The molecule has 1 N–H and O–H groups in total. The van der Waals surface area contributed by atoms with E-state index >= 15 is 0 Å². The molecular formula is C28H22O6. The van der Waals surface area contributed by atoms with Crippen LogP contribution in [0.15, 0.2) is 88.1 Å². The van der Waals surface area contributed by atoms with Crippen molar-refractivity contribution in [3.8, 4) is 28.9 Å². The summed E-state index contributed by atoms with van der Waals surface area (Å²) in [4.78, 5) is 23.7. The van der Waals surface area contributed by atoms with Gasteiger partial charge in [0, 0.05) is 30.7 Å². The van der Waals surface area contributed by atoms with Gasteiger partial charge in [0.1, 0.15) is 23.7 Å². The van der Waals surface area contributed by atoms with E-state index in [-0.39, 0.29) is 18.5 Å². The zero-order valence-electron chi connectivity index (χ0n) is 18.5. The van der Waals surface area contributed by atoms with E-state index in [1.165, 1.54) is 13.2 Å². The van der Waals surface area contributed by atoms with Crippen molar-refractivity contribution in [1.29, 1.82) is 0 Å². The molecule has 0 radical (unpaired) electrons. The highest BCUT2D eigenvalue weighted by Crippen LogP contribution is 2.24. The van der Waals surface area contributed by atoms with Gasteiger partial charge in [-0.1, -0.05) is 54.3 Å². The first-order valence-electron chi connectivity index (χ1n) is 10.6. The van der Waals surface area contributed by atoms with E-state index in [1.807, 2.05) is 54.6 Å². The summed E-state index contributed by atoms with van der Waals surface area (Å²) in [5.74, 6) is 5.99. The number of hydrogen-bond donors (Lipinski definition) is 1. The van der Waals surface area contributed by atoms with Crippen molar-refractivity contribution >= 4 is 16.9 Å². The Balaban J connectivity index is 1.40. The Morgan fingerprint density at radius 1 is 1.03 bits per heavy atom.